The number of pyridine rings is 1. The highest BCUT2D eigenvalue weighted by atomic mass is 16.5. The van der Waals surface area contributed by atoms with Gasteiger partial charge in [-0.05, 0) is 17.7 Å². The molecule has 35 heavy (non-hydrogen) atoms. The lowest BCUT2D eigenvalue weighted by molar-refractivity contribution is 0.0598. The number of carboxylic acid groups (broad SMARTS) is 1. The number of para-hydroxylation sites is 1. The van der Waals surface area contributed by atoms with Crippen LogP contribution in [0.5, 0.6) is 0 Å². The molecule has 0 saturated carbocycles. The van der Waals surface area contributed by atoms with E-state index in [4.69, 9.17) is 4.74 Å². The molecule has 0 radical (unpaired) electrons. The largest absolute Gasteiger partial charge is 0.476 e. The van der Waals surface area contributed by atoms with Crippen molar-refractivity contribution in [3.63, 3.8) is 0 Å². The number of fused-ring (bicyclic) bond motifs is 2. The van der Waals surface area contributed by atoms with Crippen LogP contribution in [0.25, 0.3) is 32.8 Å². The zero-order valence-corrected chi connectivity index (χ0v) is 18.6. The third-order valence-corrected chi connectivity index (χ3v) is 5.79. The molecule has 8 nitrogen and oxygen atoms in total. The molecule has 0 amide bonds. The van der Waals surface area contributed by atoms with Crippen molar-refractivity contribution in [3.05, 3.63) is 106 Å². The number of carboxylic acids is 1. The molecule has 2 heterocycles. The Morgan fingerprint density at radius 2 is 1.51 bits per heavy atom. The quantitative estimate of drug-likeness (QED) is 0.388. The van der Waals surface area contributed by atoms with Gasteiger partial charge >= 0.3 is 11.9 Å². The first-order valence-electron chi connectivity index (χ1n) is 10.8. The van der Waals surface area contributed by atoms with Crippen LogP contribution in [0.3, 0.4) is 0 Å². The number of aromatic nitrogens is 3. The van der Waals surface area contributed by atoms with Gasteiger partial charge < -0.3 is 9.84 Å². The Balaban J connectivity index is 1.82. The van der Waals surface area contributed by atoms with Crippen molar-refractivity contribution in [2.24, 2.45) is 0 Å². The van der Waals surface area contributed by atoms with E-state index in [1.54, 1.807) is 24.3 Å². The molecule has 3 aromatic carbocycles. The van der Waals surface area contributed by atoms with E-state index in [1.807, 2.05) is 54.6 Å². The summed E-state index contributed by atoms with van der Waals surface area (Å²) < 4.78 is 6.14. The van der Waals surface area contributed by atoms with Crippen LogP contribution >= 0.6 is 0 Å². The molecule has 0 atom stereocenters. The smallest absolute Gasteiger partial charge is 0.357 e. The minimum absolute atomic E-state index is 0.191. The van der Waals surface area contributed by atoms with E-state index < -0.39 is 17.5 Å². The van der Waals surface area contributed by atoms with Crippen LogP contribution in [0, 0.1) is 0 Å². The van der Waals surface area contributed by atoms with Crippen molar-refractivity contribution in [2.45, 2.75) is 6.54 Å². The molecule has 1 N–H and O–H groups in total. The number of esters is 1. The van der Waals surface area contributed by atoms with Gasteiger partial charge in [0.15, 0.2) is 5.69 Å². The summed E-state index contributed by atoms with van der Waals surface area (Å²) in [5.74, 6) is -1.89. The van der Waals surface area contributed by atoms with E-state index in [-0.39, 0.29) is 34.3 Å². The first kappa shape index (κ1) is 22.0. The molecule has 5 rings (SSSR count). The van der Waals surface area contributed by atoms with E-state index in [2.05, 4.69) is 10.1 Å². The lowest BCUT2D eigenvalue weighted by Gasteiger charge is -2.17. The summed E-state index contributed by atoms with van der Waals surface area (Å²) in [5, 5.41) is 15.0. The van der Waals surface area contributed by atoms with Gasteiger partial charge in [-0.3, -0.25) is 4.79 Å². The number of nitrogens with zero attached hydrogens (tertiary/aromatic N) is 3. The Bertz CT molecular complexity index is 1680. The van der Waals surface area contributed by atoms with E-state index >= 15 is 0 Å². The zero-order chi connectivity index (χ0) is 24.5. The molecule has 0 aliphatic carbocycles. The lowest BCUT2D eigenvalue weighted by Crippen LogP contribution is -2.28. The Kier molecular flexibility index (Phi) is 5.54. The van der Waals surface area contributed by atoms with E-state index in [0.29, 0.717) is 11.1 Å². The van der Waals surface area contributed by atoms with E-state index in [9.17, 15) is 19.5 Å². The maximum Gasteiger partial charge on any atom is 0.357 e. The van der Waals surface area contributed by atoms with Gasteiger partial charge in [-0.2, -0.15) is 5.10 Å². The van der Waals surface area contributed by atoms with Crippen LogP contribution in [0.1, 0.15) is 26.5 Å². The van der Waals surface area contributed by atoms with Crippen LogP contribution in [-0.2, 0) is 11.3 Å². The highest BCUT2D eigenvalue weighted by Gasteiger charge is 2.24. The third kappa shape index (κ3) is 3.80. The fourth-order valence-electron chi connectivity index (χ4n) is 4.25. The van der Waals surface area contributed by atoms with Crippen molar-refractivity contribution < 1.29 is 19.4 Å². The van der Waals surface area contributed by atoms with Crippen molar-refractivity contribution in [3.8, 4) is 11.1 Å². The molecule has 5 aromatic rings. The van der Waals surface area contributed by atoms with Gasteiger partial charge in [0.2, 0.25) is 0 Å². The third-order valence-electron chi connectivity index (χ3n) is 5.79. The molecular formula is C27H19N3O5. The van der Waals surface area contributed by atoms with Crippen LogP contribution < -0.4 is 5.56 Å². The number of hydrogen-bond acceptors (Lipinski definition) is 6. The molecule has 8 heteroatoms. The van der Waals surface area contributed by atoms with Crippen LogP contribution in [0.4, 0.5) is 0 Å². The number of benzene rings is 3. The average Bonchev–Trinajstić information content (AvgIpc) is 2.89. The minimum Gasteiger partial charge on any atom is -0.476 e. The van der Waals surface area contributed by atoms with E-state index in [0.717, 1.165) is 15.6 Å². The second-order valence-corrected chi connectivity index (χ2v) is 7.85. The molecule has 172 valence electrons. The van der Waals surface area contributed by atoms with Crippen molar-refractivity contribution in [1.82, 2.24) is 14.8 Å². The summed E-state index contributed by atoms with van der Waals surface area (Å²) in [7, 11) is 1.28. The SMILES string of the molecule is COC(=O)c1c(Cn2nc(C(=O)O)c3ccccc3c2=O)nc2ccccc2c1-c1ccccc1. The molecule has 0 aliphatic heterocycles. The second kappa shape index (κ2) is 8.83. The van der Waals surface area contributed by atoms with Crippen LogP contribution in [0.2, 0.25) is 0 Å². The number of carbonyl (C=O) groups excluding carboxylic acids is 1. The highest BCUT2D eigenvalue weighted by Crippen LogP contribution is 2.34. The van der Waals surface area contributed by atoms with Crippen molar-refractivity contribution in [2.75, 3.05) is 7.11 Å². The standard InChI is InChI=1S/C27H19N3O5/c1-35-27(34)23-21(15-30-25(31)18-12-6-5-11-17(18)24(29-30)26(32)33)28-20-14-8-7-13-19(20)22(23)16-9-3-2-4-10-16/h2-14H,15H2,1H3,(H,32,33). The Labute approximate surface area is 199 Å². The number of hydrogen-bond donors (Lipinski definition) is 1. The maximum atomic E-state index is 13.2. The monoisotopic (exact) mass is 465 g/mol. The zero-order valence-electron chi connectivity index (χ0n) is 18.6. The number of carbonyl (C=O) groups is 2. The molecule has 0 saturated heterocycles. The molecule has 0 bridgehead atoms. The Morgan fingerprint density at radius 3 is 2.20 bits per heavy atom. The van der Waals surface area contributed by atoms with Gasteiger partial charge in [-0.1, -0.05) is 66.7 Å². The summed E-state index contributed by atoms with van der Waals surface area (Å²) in [6, 6.07) is 23.1. The molecule has 0 aliphatic rings. The maximum absolute atomic E-state index is 13.2. The molecule has 0 fully saturated rings. The fourth-order valence-corrected chi connectivity index (χ4v) is 4.25. The van der Waals surface area contributed by atoms with E-state index in [1.165, 1.54) is 7.11 Å². The second-order valence-electron chi connectivity index (χ2n) is 7.85. The first-order chi connectivity index (χ1) is 17.0. The normalized spacial score (nSPS) is 11.0. The van der Waals surface area contributed by atoms with Gasteiger partial charge in [0, 0.05) is 16.3 Å². The van der Waals surface area contributed by atoms with Gasteiger partial charge in [0.1, 0.15) is 0 Å². The topological polar surface area (TPSA) is 111 Å². The summed E-state index contributed by atoms with van der Waals surface area (Å²) in [6.45, 7) is -0.223. The molecule has 0 unspecified atom stereocenters. The van der Waals surface area contributed by atoms with Crippen LogP contribution in [-0.4, -0.2) is 38.9 Å². The van der Waals surface area contributed by atoms with Gasteiger partial charge in [-0.15, -0.1) is 0 Å². The van der Waals surface area contributed by atoms with Gasteiger partial charge in [-0.25, -0.2) is 19.3 Å². The minimum atomic E-state index is -1.26. The predicted molar refractivity (Wildman–Crippen MR) is 131 cm³/mol. The summed E-state index contributed by atoms with van der Waals surface area (Å²) >= 11 is 0. The fraction of sp³-hybridized carbons (Fsp3) is 0.0741. The van der Waals surface area contributed by atoms with Crippen molar-refractivity contribution in [1.29, 1.82) is 0 Å². The highest BCUT2D eigenvalue weighted by molar-refractivity contribution is 6.08. The van der Waals surface area contributed by atoms with Gasteiger partial charge in [0.05, 0.1) is 35.8 Å². The Hall–Kier alpha value is -4.85. The molecule has 2 aromatic heterocycles. The Morgan fingerprint density at radius 1 is 0.886 bits per heavy atom. The summed E-state index contributed by atoms with van der Waals surface area (Å²) in [4.78, 5) is 42.9. The summed E-state index contributed by atoms with van der Waals surface area (Å²) in [6.07, 6.45) is 0. The number of rotatable bonds is 5. The number of ether oxygens (including phenoxy) is 1. The summed E-state index contributed by atoms with van der Waals surface area (Å²) in [5.41, 5.74) is 1.69. The van der Waals surface area contributed by atoms with Crippen LogP contribution in [0.15, 0.2) is 83.7 Å². The molecule has 0 spiro atoms. The number of aromatic carboxylic acids is 1. The lowest BCUT2D eigenvalue weighted by atomic mass is 9.94. The average molecular weight is 465 g/mol. The van der Waals surface area contributed by atoms with Gasteiger partial charge in [0.25, 0.3) is 5.56 Å². The number of methoxy groups -OCH3 is 1. The predicted octanol–water partition coefficient (Wildman–Crippen LogP) is 4.14. The first-order valence-corrected chi connectivity index (χ1v) is 10.8. The molecular weight excluding hydrogens is 446 g/mol. The van der Waals surface area contributed by atoms with Crippen molar-refractivity contribution >= 4 is 33.6 Å².